The van der Waals surface area contributed by atoms with Crippen molar-refractivity contribution in [2.75, 3.05) is 0 Å². The van der Waals surface area contributed by atoms with Gasteiger partial charge >= 0.3 is 115 Å². The zero-order chi connectivity index (χ0) is 14.3. The molecule has 1 aromatic carbocycles. The fourth-order valence-electron chi connectivity index (χ4n) is 1.36. The van der Waals surface area contributed by atoms with Crippen molar-refractivity contribution < 1.29 is 26.3 Å². The molecule has 0 amide bonds. The molecule has 0 fully saturated rings. The van der Waals surface area contributed by atoms with Gasteiger partial charge in [0.15, 0.2) is 0 Å². The monoisotopic (exact) mass is 413 g/mol. The predicted octanol–water partition coefficient (Wildman–Crippen LogP) is 2.59. The first-order chi connectivity index (χ1) is 8.67. The molecule has 0 N–H and O–H groups in total. The van der Waals surface area contributed by atoms with Crippen molar-refractivity contribution in [2.24, 2.45) is 4.99 Å². The van der Waals surface area contributed by atoms with Crippen molar-refractivity contribution in [2.45, 2.75) is 16.8 Å². The van der Waals surface area contributed by atoms with E-state index in [1.807, 2.05) is 0 Å². The van der Waals surface area contributed by atoms with E-state index in [2.05, 4.69) is 4.99 Å². The van der Waals surface area contributed by atoms with Gasteiger partial charge in [0.1, 0.15) is 0 Å². The van der Waals surface area contributed by atoms with Crippen LogP contribution in [0.4, 0.5) is 26.3 Å². The average molecular weight is 411 g/mol. The second-order valence-electron chi connectivity index (χ2n) is 3.59. The molecule has 0 atom stereocenters. The number of benzene rings is 1. The molecule has 0 aromatic heterocycles. The minimum absolute atomic E-state index is 0.0669. The van der Waals surface area contributed by atoms with E-state index in [0.717, 1.165) is 0 Å². The molecule has 9 heteroatoms. The minimum atomic E-state index is -5.40. The number of hydrogen-bond acceptors (Lipinski definition) is 1. The van der Waals surface area contributed by atoms with Crippen molar-refractivity contribution in [3.05, 3.63) is 35.9 Å². The quantitative estimate of drug-likeness (QED) is 0.498. The van der Waals surface area contributed by atoms with Gasteiger partial charge in [-0.1, -0.05) is 0 Å². The number of aliphatic imine (C=N–C) groups is 1. The van der Waals surface area contributed by atoms with Crippen molar-refractivity contribution in [3.8, 4) is 0 Å². The molecule has 1 aliphatic heterocycles. The van der Waals surface area contributed by atoms with Crippen LogP contribution in [0.15, 0.2) is 35.3 Å². The van der Waals surface area contributed by atoms with Gasteiger partial charge in [-0.25, -0.2) is 0 Å². The van der Waals surface area contributed by atoms with Crippen LogP contribution in [0.5, 0.6) is 0 Å². The van der Waals surface area contributed by atoms with Crippen LogP contribution in [0.25, 0.3) is 0 Å². The molecule has 0 aliphatic carbocycles. The fraction of sp³-hybridized carbons (Fsp3) is 0.300. The third-order valence-corrected chi connectivity index (χ3v) is 10.4. The molecule has 1 aliphatic rings. The van der Waals surface area contributed by atoms with Gasteiger partial charge in [-0.2, -0.15) is 0 Å². The fourth-order valence-corrected chi connectivity index (χ4v) is 9.68. The molecule has 104 valence electrons. The molecule has 1 aromatic rings. The Labute approximate surface area is 115 Å². The molecule has 0 saturated carbocycles. The van der Waals surface area contributed by atoms with E-state index < -0.39 is 43.1 Å². The molecule has 0 saturated heterocycles. The molecule has 2 rings (SSSR count). The summed E-state index contributed by atoms with van der Waals surface area (Å²) in [5.41, 5.74) is 0.333. The zero-order valence-corrected chi connectivity index (χ0v) is 12.3. The Morgan fingerprint density at radius 3 is 1.84 bits per heavy atom. The second-order valence-corrected chi connectivity index (χ2v) is 9.97. The zero-order valence-electron chi connectivity index (χ0n) is 8.92. The summed E-state index contributed by atoms with van der Waals surface area (Å²) in [6.45, 7) is 0. The Morgan fingerprint density at radius 2 is 1.42 bits per heavy atom. The summed E-state index contributed by atoms with van der Waals surface area (Å²) in [7, 11) is 0. The number of nitrogens with zero attached hydrogens (tertiary/aromatic N) is 1. The van der Waals surface area contributed by atoms with Gasteiger partial charge in [0.25, 0.3) is 0 Å². The third kappa shape index (κ3) is 2.57. The van der Waals surface area contributed by atoms with Gasteiger partial charge in [-0.15, -0.1) is 0 Å². The van der Waals surface area contributed by atoms with Crippen LogP contribution >= 0.6 is 0 Å². The van der Waals surface area contributed by atoms with Crippen molar-refractivity contribution >= 4 is 30.9 Å². The molecule has 0 spiro atoms. The average Bonchev–Trinajstić information content (AvgIpc) is 2.75. The topological polar surface area (TPSA) is 12.4 Å². The van der Waals surface area contributed by atoms with E-state index in [0.29, 0.717) is 5.56 Å². The van der Waals surface area contributed by atoms with Gasteiger partial charge in [0, 0.05) is 0 Å². The van der Waals surface area contributed by atoms with Crippen LogP contribution in [0, 0.1) is 0 Å². The number of halogens is 6. The summed E-state index contributed by atoms with van der Waals surface area (Å²) in [5.74, 6) is 0. The standard InChI is InChI=1S/C10H5F6NSe2/c11-9(12,13)8(10(14,15)16)17-7(18-19-8)6-4-2-1-3-5-6/h1-5H. The molecule has 0 radical (unpaired) electrons. The third-order valence-electron chi connectivity index (χ3n) is 2.29. The summed E-state index contributed by atoms with van der Waals surface area (Å²) in [6.07, 6.45) is -10.8. The second kappa shape index (κ2) is 4.81. The van der Waals surface area contributed by atoms with Crippen LogP contribution in [0.2, 0.25) is 0 Å². The Balaban J connectivity index is 2.48. The Hall–Kier alpha value is -0.491. The normalized spacial score (nSPS) is 19.4. The van der Waals surface area contributed by atoms with E-state index >= 15 is 0 Å². The van der Waals surface area contributed by atoms with E-state index in [1.165, 1.54) is 12.1 Å². The summed E-state index contributed by atoms with van der Waals surface area (Å²) >= 11 is -2.55. The SMILES string of the molecule is FC(F)(F)C1(C(F)(F)F)N=C(c2ccccc2)[Se][Se]1. The van der Waals surface area contributed by atoms with Gasteiger partial charge in [-0.05, 0) is 0 Å². The van der Waals surface area contributed by atoms with E-state index in [-0.39, 0.29) is 4.61 Å². The Kier molecular flexibility index (Phi) is 3.77. The van der Waals surface area contributed by atoms with Crippen molar-refractivity contribution in [1.29, 1.82) is 0 Å². The summed E-state index contributed by atoms with van der Waals surface area (Å²) in [6, 6.07) is 7.70. The van der Waals surface area contributed by atoms with Crippen molar-refractivity contribution in [1.82, 2.24) is 0 Å². The van der Waals surface area contributed by atoms with Crippen molar-refractivity contribution in [3.63, 3.8) is 0 Å². The van der Waals surface area contributed by atoms with Crippen LogP contribution in [0.3, 0.4) is 0 Å². The summed E-state index contributed by atoms with van der Waals surface area (Å²) in [5, 5.41) is 0. The number of rotatable bonds is 1. The first-order valence-electron chi connectivity index (χ1n) is 4.82. The molecule has 1 nitrogen and oxygen atoms in total. The first-order valence-corrected chi connectivity index (χ1v) is 10.9. The van der Waals surface area contributed by atoms with Crippen LogP contribution in [0.1, 0.15) is 5.56 Å². The van der Waals surface area contributed by atoms with Gasteiger partial charge in [0.05, 0.1) is 0 Å². The molecule has 0 unspecified atom stereocenters. The van der Waals surface area contributed by atoms with Crippen LogP contribution in [-0.4, -0.2) is 47.7 Å². The Morgan fingerprint density at radius 1 is 0.895 bits per heavy atom. The summed E-state index contributed by atoms with van der Waals surface area (Å²) < 4.78 is 72.9. The van der Waals surface area contributed by atoms with E-state index in [9.17, 15) is 26.3 Å². The predicted molar refractivity (Wildman–Crippen MR) is 59.3 cm³/mol. The van der Waals surface area contributed by atoms with E-state index in [4.69, 9.17) is 0 Å². The molecule has 0 bridgehead atoms. The first kappa shape index (κ1) is 14.9. The molecular weight excluding hydrogens is 406 g/mol. The maximum atomic E-state index is 12.8. The molecular formula is C10H5F6NSe2. The van der Waals surface area contributed by atoms with Crippen LogP contribution in [-0.2, 0) is 0 Å². The molecule has 19 heavy (non-hydrogen) atoms. The van der Waals surface area contributed by atoms with Gasteiger partial charge in [-0.3, -0.25) is 0 Å². The van der Waals surface area contributed by atoms with Crippen LogP contribution < -0.4 is 0 Å². The van der Waals surface area contributed by atoms with E-state index in [1.54, 1.807) is 18.2 Å². The Bertz CT molecular complexity index is 479. The van der Waals surface area contributed by atoms with Gasteiger partial charge < -0.3 is 0 Å². The summed E-state index contributed by atoms with van der Waals surface area (Å²) in [4.78, 5) is 3.05. The van der Waals surface area contributed by atoms with Gasteiger partial charge in [0.2, 0.25) is 0 Å². The maximum absolute atomic E-state index is 12.8. The number of alkyl halides is 6. The number of hydrogen-bond donors (Lipinski definition) is 0. The molecule has 1 heterocycles.